The molecule has 0 bridgehead atoms. The van der Waals surface area contributed by atoms with Crippen LogP contribution in [0.25, 0.3) is 0 Å². The van der Waals surface area contributed by atoms with Crippen molar-refractivity contribution >= 4 is 17.5 Å². The average molecular weight is 332 g/mol. The zero-order chi connectivity index (χ0) is 17.7. The highest BCUT2D eigenvalue weighted by atomic mass is 19.1. The maximum atomic E-state index is 13.7. The van der Waals surface area contributed by atoms with E-state index in [2.05, 4.69) is 10.6 Å². The van der Waals surface area contributed by atoms with Gasteiger partial charge in [-0.2, -0.15) is 0 Å². The van der Waals surface area contributed by atoms with Gasteiger partial charge in [-0.3, -0.25) is 9.59 Å². The van der Waals surface area contributed by atoms with Crippen LogP contribution in [0.3, 0.4) is 0 Å². The van der Waals surface area contributed by atoms with E-state index in [4.69, 9.17) is 0 Å². The quantitative estimate of drug-likeness (QED) is 0.879. The van der Waals surface area contributed by atoms with Crippen LogP contribution in [-0.2, 0) is 0 Å². The van der Waals surface area contributed by atoms with Gasteiger partial charge in [-0.1, -0.05) is 26.0 Å². The number of hydrogen-bond donors (Lipinski definition) is 2. The molecule has 0 aliphatic rings. The molecular formula is C18H18F2N2O2. The zero-order valence-corrected chi connectivity index (χ0v) is 13.4. The van der Waals surface area contributed by atoms with E-state index < -0.39 is 23.1 Å². The smallest absolute Gasteiger partial charge is 0.258 e. The third-order valence-corrected chi connectivity index (χ3v) is 3.26. The molecule has 6 heteroatoms. The molecule has 0 aliphatic heterocycles. The van der Waals surface area contributed by atoms with E-state index in [0.29, 0.717) is 6.54 Å². The summed E-state index contributed by atoms with van der Waals surface area (Å²) >= 11 is 0. The lowest BCUT2D eigenvalue weighted by atomic mass is 10.1. The summed E-state index contributed by atoms with van der Waals surface area (Å²) in [6.45, 7) is 4.40. The summed E-state index contributed by atoms with van der Waals surface area (Å²) in [6, 6.07) is 8.99. The first-order valence-electron chi connectivity index (χ1n) is 7.52. The van der Waals surface area contributed by atoms with Crippen molar-refractivity contribution in [1.82, 2.24) is 5.32 Å². The molecule has 0 saturated carbocycles. The van der Waals surface area contributed by atoms with Crippen molar-refractivity contribution in [3.05, 3.63) is 65.2 Å². The van der Waals surface area contributed by atoms with Crippen LogP contribution in [0.15, 0.2) is 42.5 Å². The first-order valence-corrected chi connectivity index (χ1v) is 7.52. The highest BCUT2D eigenvalue weighted by Gasteiger charge is 2.17. The summed E-state index contributed by atoms with van der Waals surface area (Å²) in [5.41, 5.74) is 0.0584. The van der Waals surface area contributed by atoms with Crippen molar-refractivity contribution in [2.24, 2.45) is 5.92 Å². The monoisotopic (exact) mass is 332 g/mol. The fourth-order valence-electron chi connectivity index (χ4n) is 2.04. The van der Waals surface area contributed by atoms with Crippen LogP contribution >= 0.6 is 0 Å². The average Bonchev–Trinajstić information content (AvgIpc) is 2.55. The number of para-hydroxylation sites is 1. The number of anilines is 1. The van der Waals surface area contributed by atoms with E-state index in [1.807, 2.05) is 13.8 Å². The van der Waals surface area contributed by atoms with E-state index in [1.165, 1.54) is 6.07 Å². The zero-order valence-electron chi connectivity index (χ0n) is 13.4. The minimum atomic E-state index is -0.837. The molecule has 2 rings (SSSR count). The molecule has 24 heavy (non-hydrogen) atoms. The first-order chi connectivity index (χ1) is 11.4. The number of nitrogens with one attached hydrogen (secondary N) is 2. The van der Waals surface area contributed by atoms with E-state index in [0.717, 1.165) is 18.2 Å². The van der Waals surface area contributed by atoms with Gasteiger partial charge >= 0.3 is 0 Å². The second-order valence-electron chi connectivity index (χ2n) is 5.73. The number of amides is 2. The highest BCUT2D eigenvalue weighted by molar-refractivity contribution is 6.09. The van der Waals surface area contributed by atoms with Gasteiger partial charge in [0.25, 0.3) is 11.8 Å². The predicted octanol–water partition coefficient (Wildman–Crippen LogP) is 3.60. The number of carbonyl (C=O) groups is 2. The Balaban J connectivity index is 2.22. The van der Waals surface area contributed by atoms with Crippen molar-refractivity contribution in [1.29, 1.82) is 0 Å². The number of halogens is 2. The lowest BCUT2D eigenvalue weighted by Crippen LogP contribution is -2.28. The second-order valence-corrected chi connectivity index (χ2v) is 5.73. The van der Waals surface area contributed by atoms with E-state index in [1.54, 1.807) is 18.2 Å². The van der Waals surface area contributed by atoms with Crippen molar-refractivity contribution in [2.45, 2.75) is 13.8 Å². The van der Waals surface area contributed by atoms with Crippen molar-refractivity contribution in [2.75, 3.05) is 11.9 Å². The fraction of sp³-hybridized carbons (Fsp3) is 0.222. The normalized spacial score (nSPS) is 10.5. The number of benzene rings is 2. The van der Waals surface area contributed by atoms with Gasteiger partial charge in [0.1, 0.15) is 11.6 Å². The molecule has 126 valence electrons. The Morgan fingerprint density at radius 2 is 1.71 bits per heavy atom. The Morgan fingerprint density at radius 3 is 2.42 bits per heavy atom. The molecule has 0 fully saturated rings. The summed E-state index contributed by atoms with van der Waals surface area (Å²) in [4.78, 5) is 24.4. The Hall–Kier alpha value is -2.76. The van der Waals surface area contributed by atoms with Crippen LogP contribution in [0, 0.1) is 17.6 Å². The predicted molar refractivity (Wildman–Crippen MR) is 87.9 cm³/mol. The van der Waals surface area contributed by atoms with Crippen LogP contribution in [0.2, 0.25) is 0 Å². The fourth-order valence-corrected chi connectivity index (χ4v) is 2.04. The summed E-state index contributed by atoms with van der Waals surface area (Å²) in [6.07, 6.45) is 0. The van der Waals surface area contributed by atoms with E-state index >= 15 is 0 Å². The van der Waals surface area contributed by atoms with Gasteiger partial charge in [0.15, 0.2) is 0 Å². The third kappa shape index (κ3) is 4.38. The summed E-state index contributed by atoms with van der Waals surface area (Å²) in [5.74, 6) is -2.45. The molecule has 2 amide bonds. The van der Waals surface area contributed by atoms with E-state index in [-0.39, 0.29) is 23.1 Å². The maximum Gasteiger partial charge on any atom is 0.258 e. The van der Waals surface area contributed by atoms with Gasteiger partial charge in [0.2, 0.25) is 0 Å². The summed E-state index contributed by atoms with van der Waals surface area (Å²) < 4.78 is 26.9. The standard InChI is InChI=1S/C18H18F2N2O2/c1-11(2)10-21-17(23)13-5-3-4-6-16(13)22-18(24)14-9-12(19)7-8-15(14)20/h3-9,11H,10H2,1-2H3,(H,21,23)(H,22,24). The molecule has 4 nitrogen and oxygen atoms in total. The van der Waals surface area contributed by atoms with Gasteiger partial charge in [-0.15, -0.1) is 0 Å². The third-order valence-electron chi connectivity index (χ3n) is 3.26. The van der Waals surface area contributed by atoms with Crippen LogP contribution < -0.4 is 10.6 Å². The first kappa shape index (κ1) is 17.6. The van der Waals surface area contributed by atoms with E-state index in [9.17, 15) is 18.4 Å². The summed E-state index contributed by atoms with van der Waals surface area (Å²) in [5, 5.41) is 5.20. The molecule has 0 aliphatic carbocycles. The topological polar surface area (TPSA) is 58.2 Å². The highest BCUT2D eigenvalue weighted by Crippen LogP contribution is 2.18. The SMILES string of the molecule is CC(C)CNC(=O)c1ccccc1NC(=O)c1cc(F)ccc1F. The molecule has 0 spiro atoms. The molecular weight excluding hydrogens is 314 g/mol. The van der Waals surface area contributed by atoms with Gasteiger partial charge in [0.05, 0.1) is 16.8 Å². The Morgan fingerprint density at radius 1 is 1.00 bits per heavy atom. The number of hydrogen-bond acceptors (Lipinski definition) is 2. The van der Waals surface area contributed by atoms with Gasteiger partial charge < -0.3 is 10.6 Å². The van der Waals surface area contributed by atoms with Crippen LogP contribution in [0.1, 0.15) is 34.6 Å². The van der Waals surface area contributed by atoms with Crippen molar-refractivity contribution in [3.63, 3.8) is 0 Å². The molecule has 0 saturated heterocycles. The second kappa shape index (κ2) is 7.68. The molecule has 0 unspecified atom stereocenters. The lowest BCUT2D eigenvalue weighted by Gasteiger charge is -2.13. The Kier molecular flexibility index (Phi) is 5.63. The van der Waals surface area contributed by atoms with Gasteiger partial charge in [-0.25, -0.2) is 8.78 Å². The summed E-state index contributed by atoms with van der Waals surface area (Å²) in [7, 11) is 0. The largest absolute Gasteiger partial charge is 0.352 e. The van der Waals surface area contributed by atoms with Crippen molar-refractivity contribution < 1.29 is 18.4 Å². The molecule has 2 aromatic carbocycles. The minimum Gasteiger partial charge on any atom is -0.352 e. The van der Waals surface area contributed by atoms with Crippen LogP contribution in [0.5, 0.6) is 0 Å². The van der Waals surface area contributed by atoms with Gasteiger partial charge in [-0.05, 0) is 36.2 Å². The van der Waals surface area contributed by atoms with Crippen LogP contribution in [0.4, 0.5) is 14.5 Å². The molecule has 0 radical (unpaired) electrons. The number of carbonyl (C=O) groups excluding carboxylic acids is 2. The Labute approximate surface area is 138 Å². The van der Waals surface area contributed by atoms with Crippen LogP contribution in [-0.4, -0.2) is 18.4 Å². The van der Waals surface area contributed by atoms with Crippen molar-refractivity contribution in [3.8, 4) is 0 Å². The molecule has 0 aromatic heterocycles. The maximum absolute atomic E-state index is 13.7. The lowest BCUT2D eigenvalue weighted by molar-refractivity contribution is 0.0950. The van der Waals surface area contributed by atoms with Gasteiger partial charge in [0, 0.05) is 6.54 Å². The molecule has 0 heterocycles. The molecule has 0 atom stereocenters. The number of rotatable bonds is 5. The Bertz CT molecular complexity index is 760. The molecule has 2 N–H and O–H groups in total. The minimum absolute atomic E-state index is 0.229. The molecule has 2 aromatic rings.